The van der Waals surface area contributed by atoms with Crippen LogP contribution in [0.1, 0.15) is 51.4 Å². The number of hydrogen-bond acceptors (Lipinski definition) is 2. The molecule has 2 aliphatic heterocycles. The van der Waals surface area contributed by atoms with Gasteiger partial charge in [-0.3, -0.25) is 0 Å². The molecular formula is C14H25NO. The quantitative estimate of drug-likeness (QED) is 0.777. The first-order valence-corrected chi connectivity index (χ1v) is 7.24. The predicted molar refractivity (Wildman–Crippen MR) is 65.5 cm³/mol. The molecule has 0 aromatic carbocycles. The van der Waals surface area contributed by atoms with Gasteiger partial charge in [-0.25, -0.2) is 0 Å². The van der Waals surface area contributed by atoms with Crippen LogP contribution in [0.25, 0.3) is 0 Å². The van der Waals surface area contributed by atoms with Crippen molar-refractivity contribution in [2.24, 2.45) is 11.8 Å². The third-order valence-corrected chi connectivity index (χ3v) is 4.98. The third kappa shape index (κ3) is 2.02. The molecule has 2 nitrogen and oxygen atoms in total. The molecule has 0 aromatic heterocycles. The monoisotopic (exact) mass is 223 g/mol. The fraction of sp³-hybridized carbons (Fsp3) is 1.00. The van der Waals surface area contributed by atoms with Crippen molar-refractivity contribution in [1.29, 1.82) is 0 Å². The Bertz CT molecular complexity index is 223. The standard InChI is InChI=1S/C14H25NO/c1-2-8-14(12-4-5-12,15-9-3-1)13-6-10-16-11-7-13/h12-13,15H,1-11H2. The lowest BCUT2D eigenvalue weighted by Crippen LogP contribution is -2.54. The van der Waals surface area contributed by atoms with Gasteiger partial charge in [0.1, 0.15) is 0 Å². The van der Waals surface area contributed by atoms with Crippen LogP contribution in [0.2, 0.25) is 0 Å². The lowest BCUT2D eigenvalue weighted by molar-refractivity contribution is 0.0188. The molecule has 1 saturated carbocycles. The minimum Gasteiger partial charge on any atom is -0.381 e. The molecule has 1 aliphatic carbocycles. The lowest BCUT2D eigenvalue weighted by atomic mass is 9.72. The molecule has 1 atom stereocenters. The molecular weight excluding hydrogens is 198 g/mol. The fourth-order valence-corrected chi connectivity index (χ4v) is 3.97. The predicted octanol–water partition coefficient (Wildman–Crippen LogP) is 2.73. The zero-order valence-corrected chi connectivity index (χ0v) is 10.3. The van der Waals surface area contributed by atoms with Gasteiger partial charge in [0.15, 0.2) is 0 Å². The molecule has 2 heterocycles. The summed E-state index contributed by atoms with van der Waals surface area (Å²) in [6, 6.07) is 0. The van der Waals surface area contributed by atoms with Crippen molar-refractivity contribution < 1.29 is 4.74 Å². The van der Waals surface area contributed by atoms with Crippen molar-refractivity contribution >= 4 is 0 Å². The van der Waals surface area contributed by atoms with E-state index in [1.165, 1.54) is 57.9 Å². The molecule has 0 amide bonds. The number of rotatable bonds is 2. The SMILES string of the molecule is C1CCNC(C2CCOCC2)(C2CC2)CC1. The molecule has 3 aliphatic rings. The zero-order valence-electron chi connectivity index (χ0n) is 10.3. The second kappa shape index (κ2) is 4.66. The molecule has 0 spiro atoms. The normalized spacial score (nSPS) is 38.2. The van der Waals surface area contributed by atoms with Crippen molar-refractivity contribution in [3.63, 3.8) is 0 Å². The first-order valence-electron chi connectivity index (χ1n) is 7.24. The van der Waals surface area contributed by atoms with E-state index in [0.717, 1.165) is 25.0 Å². The Hall–Kier alpha value is -0.0800. The Labute approximate surface area is 99.1 Å². The number of hydrogen-bond donors (Lipinski definition) is 1. The van der Waals surface area contributed by atoms with Gasteiger partial charge in [0.25, 0.3) is 0 Å². The van der Waals surface area contributed by atoms with Crippen LogP contribution in [0.4, 0.5) is 0 Å². The molecule has 2 saturated heterocycles. The van der Waals surface area contributed by atoms with Gasteiger partial charge in [-0.15, -0.1) is 0 Å². The highest BCUT2D eigenvalue weighted by molar-refractivity contribution is 5.06. The number of ether oxygens (including phenoxy) is 1. The van der Waals surface area contributed by atoms with E-state index >= 15 is 0 Å². The van der Waals surface area contributed by atoms with Gasteiger partial charge < -0.3 is 10.1 Å². The molecule has 16 heavy (non-hydrogen) atoms. The summed E-state index contributed by atoms with van der Waals surface area (Å²) < 4.78 is 5.54. The Balaban J connectivity index is 1.76. The first-order chi connectivity index (χ1) is 7.92. The molecule has 1 unspecified atom stereocenters. The van der Waals surface area contributed by atoms with Crippen molar-refractivity contribution in [3.05, 3.63) is 0 Å². The van der Waals surface area contributed by atoms with E-state index in [1.54, 1.807) is 0 Å². The maximum atomic E-state index is 5.54. The highest BCUT2D eigenvalue weighted by Gasteiger charge is 2.49. The minimum atomic E-state index is 0.514. The average molecular weight is 223 g/mol. The molecule has 3 rings (SSSR count). The van der Waals surface area contributed by atoms with Crippen LogP contribution >= 0.6 is 0 Å². The molecule has 0 radical (unpaired) electrons. The lowest BCUT2D eigenvalue weighted by Gasteiger charge is -2.43. The van der Waals surface area contributed by atoms with Crippen LogP contribution in [0.5, 0.6) is 0 Å². The van der Waals surface area contributed by atoms with E-state index in [1.807, 2.05) is 0 Å². The summed E-state index contributed by atoms with van der Waals surface area (Å²) in [5, 5.41) is 3.97. The Kier molecular flexibility index (Phi) is 3.21. The maximum absolute atomic E-state index is 5.54. The molecule has 0 bridgehead atoms. The largest absolute Gasteiger partial charge is 0.381 e. The molecule has 3 fully saturated rings. The Morgan fingerprint density at radius 3 is 2.38 bits per heavy atom. The second-order valence-electron chi connectivity index (χ2n) is 5.94. The van der Waals surface area contributed by atoms with E-state index in [2.05, 4.69) is 5.32 Å². The molecule has 92 valence electrons. The highest BCUT2D eigenvalue weighted by Crippen LogP contribution is 2.49. The van der Waals surface area contributed by atoms with Gasteiger partial charge >= 0.3 is 0 Å². The summed E-state index contributed by atoms with van der Waals surface area (Å²) >= 11 is 0. The highest BCUT2D eigenvalue weighted by atomic mass is 16.5. The molecule has 0 aromatic rings. The van der Waals surface area contributed by atoms with Crippen molar-refractivity contribution in [1.82, 2.24) is 5.32 Å². The van der Waals surface area contributed by atoms with Gasteiger partial charge in [-0.2, -0.15) is 0 Å². The van der Waals surface area contributed by atoms with Gasteiger partial charge in [0.05, 0.1) is 0 Å². The van der Waals surface area contributed by atoms with Crippen molar-refractivity contribution in [3.8, 4) is 0 Å². The summed E-state index contributed by atoms with van der Waals surface area (Å²) in [5.41, 5.74) is 0.514. The van der Waals surface area contributed by atoms with Crippen LogP contribution in [-0.2, 0) is 4.74 Å². The van der Waals surface area contributed by atoms with Gasteiger partial charge in [0.2, 0.25) is 0 Å². The molecule has 2 heteroatoms. The van der Waals surface area contributed by atoms with E-state index in [-0.39, 0.29) is 0 Å². The van der Waals surface area contributed by atoms with E-state index in [0.29, 0.717) is 5.54 Å². The van der Waals surface area contributed by atoms with Crippen LogP contribution in [-0.4, -0.2) is 25.3 Å². The summed E-state index contributed by atoms with van der Waals surface area (Å²) in [6.07, 6.45) is 11.2. The fourth-order valence-electron chi connectivity index (χ4n) is 3.97. The minimum absolute atomic E-state index is 0.514. The summed E-state index contributed by atoms with van der Waals surface area (Å²) in [7, 11) is 0. The topological polar surface area (TPSA) is 21.3 Å². The van der Waals surface area contributed by atoms with Crippen LogP contribution in [0.3, 0.4) is 0 Å². The van der Waals surface area contributed by atoms with Gasteiger partial charge in [-0.05, 0) is 56.9 Å². The maximum Gasteiger partial charge on any atom is 0.0469 e. The Morgan fingerprint density at radius 2 is 1.62 bits per heavy atom. The summed E-state index contributed by atoms with van der Waals surface area (Å²) in [5.74, 6) is 1.89. The van der Waals surface area contributed by atoms with Crippen LogP contribution in [0.15, 0.2) is 0 Å². The number of nitrogens with one attached hydrogen (secondary N) is 1. The van der Waals surface area contributed by atoms with Crippen LogP contribution in [0, 0.1) is 11.8 Å². The molecule has 1 N–H and O–H groups in total. The van der Waals surface area contributed by atoms with E-state index in [9.17, 15) is 0 Å². The van der Waals surface area contributed by atoms with Gasteiger partial charge in [0, 0.05) is 18.8 Å². The summed E-state index contributed by atoms with van der Waals surface area (Å²) in [4.78, 5) is 0. The summed E-state index contributed by atoms with van der Waals surface area (Å²) in [6.45, 7) is 3.26. The van der Waals surface area contributed by atoms with E-state index < -0.39 is 0 Å². The second-order valence-corrected chi connectivity index (χ2v) is 5.94. The van der Waals surface area contributed by atoms with Gasteiger partial charge in [-0.1, -0.05) is 12.8 Å². The van der Waals surface area contributed by atoms with Crippen molar-refractivity contribution in [2.45, 2.75) is 56.9 Å². The average Bonchev–Trinajstić information content (AvgIpc) is 3.17. The van der Waals surface area contributed by atoms with Crippen LogP contribution < -0.4 is 5.32 Å². The first kappa shape index (κ1) is 11.0. The smallest absolute Gasteiger partial charge is 0.0469 e. The van der Waals surface area contributed by atoms with E-state index in [4.69, 9.17) is 4.74 Å². The third-order valence-electron chi connectivity index (χ3n) is 4.98. The Morgan fingerprint density at radius 1 is 0.875 bits per heavy atom. The zero-order chi connectivity index (χ0) is 10.8. The van der Waals surface area contributed by atoms with Crippen molar-refractivity contribution in [2.75, 3.05) is 19.8 Å².